The lowest BCUT2D eigenvalue weighted by Gasteiger charge is -2.07. The van der Waals surface area contributed by atoms with Crippen LogP contribution in [-0.2, 0) is 0 Å². The highest BCUT2D eigenvalue weighted by molar-refractivity contribution is 7.99. The van der Waals surface area contributed by atoms with Crippen LogP contribution in [-0.4, -0.2) is 4.92 Å². The summed E-state index contributed by atoms with van der Waals surface area (Å²) in [5, 5.41) is 11.1. The predicted octanol–water partition coefficient (Wildman–Crippen LogP) is 3.98. The number of non-ortho nitro benzene ring substituents is 1. The second-order valence-electron chi connectivity index (χ2n) is 3.51. The van der Waals surface area contributed by atoms with Crippen LogP contribution in [0.25, 0.3) is 0 Å². The number of halogens is 1. The van der Waals surface area contributed by atoms with Gasteiger partial charge in [0.2, 0.25) is 0 Å². The summed E-state index contributed by atoms with van der Waals surface area (Å²) in [4.78, 5) is 11.7. The molecule has 18 heavy (non-hydrogen) atoms. The van der Waals surface area contributed by atoms with Gasteiger partial charge in [-0.3, -0.25) is 10.1 Å². The molecule has 4 nitrogen and oxygen atoms in total. The maximum atomic E-state index is 10.5. The molecule has 0 amide bonds. The number of anilines is 1. The van der Waals surface area contributed by atoms with Crippen molar-refractivity contribution in [3.63, 3.8) is 0 Å². The van der Waals surface area contributed by atoms with Crippen molar-refractivity contribution in [3.8, 4) is 0 Å². The number of nitro groups is 1. The van der Waals surface area contributed by atoms with Crippen molar-refractivity contribution >= 4 is 34.7 Å². The van der Waals surface area contributed by atoms with Crippen LogP contribution in [0.15, 0.2) is 52.3 Å². The standard InChI is InChI=1S/C12H9ClN2O2S/c13-10-2-1-3-11(14)12(10)18-9-6-4-8(5-7-9)15(16)17/h1-7H,14H2. The van der Waals surface area contributed by atoms with E-state index in [2.05, 4.69) is 0 Å². The van der Waals surface area contributed by atoms with Crippen molar-refractivity contribution in [1.82, 2.24) is 0 Å². The Bertz CT molecular complexity index is 567. The molecule has 92 valence electrons. The van der Waals surface area contributed by atoms with Gasteiger partial charge in [0, 0.05) is 22.7 Å². The fraction of sp³-hybridized carbons (Fsp3) is 0. The van der Waals surface area contributed by atoms with E-state index in [1.807, 2.05) is 0 Å². The third-order valence-electron chi connectivity index (χ3n) is 2.26. The summed E-state index contributed by atoms with van der Waals surface area (Å²) in [6.45, 7) is 0. The summed E-state index contributed by atoms with van der Waals surface area (Å²) >= 11 is 7.43. The number of nitrogen functional groups attached to an aromatic ring is 1. The normalized spacial score (nSPS) is 10.3. The summed E-state index contributed by atoms with van der Waals surface area (Å²) in [5.74, 6) is 0. The van der Waals surface area contributed by atoms with E-state index in [-0.39, 0.29) is 5.69 Å². The van der Waals surface area contributed by atoms with Crippen molar-refractivity contribution in [2.75, 3.05) is 5.73 Å². The summed E-state index contributed by atoms with van der Waals surface area (Å²) in [6, 6.07) is 11.5. The maximum absolute atomic E-state index is 10.5. The lowest BCUT2D eigenvalue weighted by Crippen LogP contribution is -1.89. The van der Waals surface area contributed by atoms with Crippen molar-refractivity contribution in [2.24, 2.45) is 0 Å². The lowest BCUT2D eigenvalue weighted by molar-refractivity contribution is -0.384. The number of nitrogens with two attached hydrogens (primary N) is 1. The first-order valence-corrected chi connectivity index (χ1v) is 6.23. The average molecular weight is 281 g/mol. The van der Waals surface area contributed by atoms with Crippen LogP contribution >= 0.6 is 23.4 Å². The first-order chi connectivity index (χ1) is 8.58. The second-order valence-corrected chi connectivity index (χ2v) is 5.00. The monoisotopic (exact) mass is 280 g/mol. The molecule has 0 aliphatic heterocycles. The highest BCUT2D eigenvalue weighted by Crippen LogP contribution is 2.37. The zero-order chi connectivity index (χ0) is 13.1. The lowest BCUT2D eigenvalue weighted by atomic mass is 10.3. The fourth-order valence-corrected chi connectivity index (χ4v) is 2.54. The minimum atomic E-state index is -0.432. The van der Waals surface area contributed by atoms with Gasteiger partial charge < -0.3 is 5.73 Å². The van der Waals surface area contributed by atoms with Crippen LogP contribution in [0.4, 0.5) is 11.4 Å². The number of rotatable bonds is 3. The van der Waals surface area contributed by atoms with E-state index in [4.69, 9.17) is 17.3 Å². The molecule has 0 radical (unpaired) electrons. The maximum Gasteiger partial charge on any atom is 0.269 e. The molecule has 0 bridgehead atoms. The second kappa shape index (κ2) is 5.29. The minimum absolute atomic E-state index is 0.0616. The van der Waals surface area contributed by atoms with Gasteiger partial charge in [0.25, 0.3) is 5.69 Å². The molecule has 0 aromatic heterocycles. The molecule has 0 aliphatic rings. The largest absolute Gasteiger partial charge is 0.398 e. The van der Waals surface area contributed by atoms with Crippen molar-refractivity contribution in [1.29, 1.82) is 0 Å². The third-order valence-corrected chi connectivity index (χ3v) is 3.86. The van der Waals surface area contributed by atoms with Gasteiger partial charge in [-0.2, -0.15) is 0 Å². The van der Waals surface area contributed by atoms with Crippen molar-refractivity contribution < 1.29 is 4.92 Å². The number of nitro benzene ring substituents is 1. The van der Waals surface area contributed by atoms with Crippen LogP contribution in [0.5, 0.6) is 0 Å². The topological polar surface area (TPSA) is 69.2 Å². The summed E-state index contributed by atoms with van der Waals surface area (Å²) in [7, 11) is 0. The van der Waals surface area contributed by atoms with Crippen LogP contribution in [0.2, 0.25) is 5.02 Å². The van der Waals surface area contributed by atoms with Gasteiger partial charge in [-0.25, -0.2) is 0 Å². The zero-order valence-corrected chi connectivity index (χ0v) is 10.7. The van der Waals surface area contributed by atoms with Gasteiger partial charge in [-0.15, -0.1) is 0 Å². The molecular weight excluding hydrogens is 272 g/mol. The molecule has 2 rings (SSSR count). The SMILES string of the molecule is Nc1cccc(Cl)c1Sc1ccc([N+](=O)[O-])cc1. The number of hydrogen-bond donors (Lipinski definition) is 1. The Balaban J connectivity index is 2.26. The molecule has 0 spiro atoms. The molecule has 2 aromatic rings. The Kier molecular flexibility index (Phi) is 3.74. The summed E-state index contributed by atoms with van der Waals surface area (Å²) in [6.07, 6.45) is 0. The third kappa shape index (κ3) is 2.75. The van der Waals surface area contributed by atoms with E-state index >= 15 is 0 Å². The van der Waals surface area contributed by atoms with Gasteiger partial charge >= 0.3 is 0 Å². The van der Waals surface area contributed by atoms with E-state index < -0.39 is 4.92 Å². The molecule has 0 saturated heterocycles. The molecule has 2 N–H and O–H groups in total. The fourth-order valence-electron chi connectivity index (χ4n) is 1.39. The smallest absolute Gasteiger partial charge is 0.269 e. The molecule has 0 fully saturated rings. The van der Waals surface area contributed by atoms with Crippen LogP contribution in [0.1, 0.15) is 0 Å². The average Bonchev–Trinajstić information content (AvgIpc) is 2.34. The Labute approximate surface area is 113 Å². The Morgan fingerprint density at radius 2 is 1.83 bits per heavy atom. The van der Waals surface area contributed by atoms with Crippen LogP contribution in [0, 0.1) is 10.1 Å². The first kappa shape index (κ1) is 12.7. The molecule has 0 saturated carbocycles. The van der Waals surface area contributed by atoms with Gasteiger partial charge in [-0.1, -0.05) is 29.4 Å². The summed E-state index contributed by atoms with van der Waals surface area (Å²) < 4.78 is 0. The van der Waals surface area contributed by atoms with Crippen LogP contribution in [0.3, 0.4) is 0 Å². The van der Waals surface area contributed by atoms with Gasteiger partial charge in [-0.05, 0) is 24.3 Å². The van der Waals surface area contributed by atoms with E-state index in [9.17, 15) is 10.1 Å². The number of nitrogens with zero attached hydrogens (tertiary/aromatic N) is 1. The van der Waals surface area contributed by atoms with Gasteiger partial charge in [0.15, 0.2) is 0 Å². The predicted molar refractivity (Wildman–Crippen MR) is 73.1 cm³/mol. The zero-order valence-electron chi connectivity index (χ0n) is 9.17. The first-order valence-electron chi connectivity index (χ1n) is 5.04. The Morgan fingerprint density at radius 3 is 2.39 bits per heavy atom. The van der Waals surface area contributed by atoms with Gasteiger partial charge in [0.05, 0.1) is 14.8 Å². The molecular formula is C12H9ClN2O2S. The van der Waals surface area contributed by atoms with Crippen LogP contribution < -0.4 is 5.73 Å². The number of benzene rings is 2. The van der Waals surface area contributed by atoms with Gasteiger partial charge in [0.1, 0.15) is 0 Å². The molecule has 0 unspecified atom stereocenters. The highest BCUT2D eigenvalue weighted by Gasteiger charge is 2.08. The molecule has 6 heteroatoms. The summed E-state index contributed by atoms with van der Waals surface area (Å²) in [5.41, 5.74) is 6.48. The van der Waals surface area contributed by atoms with E-state index in [1.165, 1.54) is 23.9 Å². The number of hydrogen-bond acceptors (Lipinski definition) is 4. The molecule has 0 heterocycles. The quantitative estimate of drug-likeness (QED) is 0.524. The Morgan fingerprint density at radius 1 is 1.17 bits per heavy atom. The van der Waals surface area contributed by atoms with Crippen molar-refractivity contribution in [2.45, 2.75) is 9.79 Å². The minimum Gasteiger partial charge on any atom is -0.398 e. The van der Waals surface area contributed by atoms with E-state index in [0.29, 0.717) is 10.7 Å². The molecule has 2 aromatic carbocycles. The Hall–Kier alpha value is -1.72. The van der Waals surface area contributed by atoms with Crippen molar-refractivity contribution in [3.05, 3.63) is 57.6 Å². The highest BCUT2D eigenvalue weighted by atomic mass is 35.5. The van der Waals surface area contributed by atoms with E-state index in [0.717, 1.165) is 9.79 Å². The molecule has 0 atom stereocenters. The molecule has 0 aliphatic carbocycles. The van der Waals surface area contributed by atoms with E-state index in [1.54, 1.807) is 30.3 Å².